The summed E-state index contributed by atoms with van der Waals surface area (Å²) >= 11 is 2.07. The molecule has 2 rings (SSSR count). The van der Waals surface area contributed by atoms with Crippen molar-refractivity contribution in [2.75, 3.05) is 12.3 Å². The summed E-state index contributed by atoms with van der Waals surface area (Å²) in [5.41, 5.74) is 0. The minimum atomic E-state index is 0.713. The number of aromatic nitrogens is 3. The lowest BCUT2D eigenvalue weighted by Gasteiger charge is -2.15. The first-order valence-electron chi connectivity index (χ1n) is 5.55. The zero-order chi connectivity index (χ0) is 10.5. The number of nitrogens with zero attached hydrogens (tertiary/aromatic N) is 2. The van der Waals surface area contributed by atoms with Crippen LogP contribution in [0.2, 0.25) is 0 Å². The van der Waals surface area contributed by atoms with Gasteiger partial charge in [-0.3, -0.25) is 5.10 Å². The minimum absolute atomic E-state index is 0.713. The van der Waals surface area contributed by atoms with Gasteiger partial charge in [0.2, 0.25) is 0 Å². The molecule has 0 aliphatic carbocycles. The van der Waals surface area contributed by atoms with Gasteiger partial charge in [0, 0.05) is 17.7 Å². The Morgan fingerprint density at radius 3 is 3.27 bits per heavy atom. The molecule has 0 spiro atoms. The summed E-state index contributed by atoms with van der Waals surface area (Å²) in [6.07, 6.45) is 5.00. The fourth-order valence-corrected chi connectivity index (χ4v) is 3.12. The summed E-state index contributed by atoms with van der Waals surface area (Å²) in [5, 5.41) is 11.1. The van der Waals surface area contributed by atoms with E-state index in [1.807, 2.05) is 0 Å². The van der Waals surface area contributed by atoms with E-state index < -0.39 is 0 Å². The zero-order valence-electron chi connectivity index (χ0n) is 9.07. The normalized spacial score (nSPS) is 25.9. The average molecular weight is 226 g/mol. The third-order valence-electron chi connectivity index (χ3n) is 2.84. The Morgan fingerprint density at radius 2 is 2.60 bits per heavy atom. The Balaban J connectivity index is 1.59. The highest BCUT2D eigenvalue weighted by molar-refractivity contribution is 8.00. The molecule has 15 heavy (non-hydrogen) atoms. The van der Waals surface area contributed by atoms with Crippen LogP contribution in [0.5, 0.6) is 0 Å². The number of aryl methyl sites for hydroxylation is 1. The van der Waals surface area contributed by atoms with Crippen molar-refractivity contribution in [2.45, 2.75) is 37.5 Å². The van der Waals surface area contributed by atoms with Crippen molar-refractivity contribution in [3.63, 3.8) is 0 Å². The van der Waals surface area contributed by atoms with Crippen LogP contribution in [-0.2, 0) is 6.42 Å². The Bertz CT molecular complexity index is 275. The number of rotatable bonds is 5. The molecule has 1 aliphatic heterocycles. The molecule has 84 valence electrons. The van der Waals surface area contributed by atoms with Crippen molar-refractivity contribution >= 4 is 11.8 Å². The van der Waals surface area contributed by atoms with E-state index in [0.29, 0.717) is 6.04 Å². The Labute approximate surface area is 94.6 Å². The fraction of sp³-hybridized carbons (Fsp3) is 0.800. The number of nitrogens with one attached hydrogen (secondary N) is 2. The van der Waals surface area contributed by atoms with E-state index in [1.165, 1.54) is 12.2 Å². The molecule has 1 aliphatic rings. The van der Waals surface area contributed by atoms with Crippen LogP contribution in [0.15, 0.2) is 6.33 Å². The van der Waals surface area contributed by atoms with Gasteiger partial charge in [-0.15, -0.1) is 0 Å². The van der Waals surface area contributed by atoms with Crippen LogP contribution in [0, 0.1) is 0 Å². The summed E-state index contributed by atoms with van der Waals surface area (Å²) in [6, 6.07) is 0.713. The lowest BCUT2D eigenvalue weighted by molar-refractivity contribution is 0.503. The van der Waals surface area contributed by atoms with Crippen LogP contribution in [-0.4, -0.2) is 38.8 Å². The van der Waals surface area contributed by atoms with Gasteiger partial charge in [-0.25, -0.2) is 4.98 Å². The van der Waals surface area contributed by atoms with E-state index in [4.69, 9.17) is 0 Å². The molecular formula is C10H18N4S. The zero-order valence-corrected chi connectivity index (χ0v) is 9.89. The van der Waals surface area contributed by atoms with Gasteiger partial charge >= 0.3 is 0 Å². The van der Waals surface area contributed by atoms with Crippen LogP contribution in [0.25, 0.3) is 0 Å². The van der Waals surface area contributed by atoms with Gasteiger partial charge in [0.05, 0.1) is 0 Å². The van der Waals surface area contributed by atoms with E-state index >= 15 is 0 Å². The van der Waals surface area contributed by atoms with Crippen molar-refractivity contribution < 1.29 is 0 Å². The summed E-state index contributed by atoms with van der Waals surface area (Å²) < 4.78 is 0. The number of hydrogen-bond donors (Lipinski definition) is 2. The first-order valence-corrected chi connectivity index (χ1v) is 6.60. The smallest absolute Gasteiger partial charge is 0.137 e. The van der Waals surface area contributed by atoms with Crippen molar-refractivity contribution in [3.05, 3.63) is 12.2 Å². The molecule has 2 N–H and O–H groups in total. The summed E-state index contributed by atoms with van der Waals surface area (Å²) in [6.45, 7) is 3.39. The molecule has 0 amide bonds. The van der Waals surface area contributed by atoms with Crippen molar-refractivity contribution in [1.29, 1.82) is 0 Å². The maximum atomic E-state index is 4.10. The molecule has 2 atom stereocenters. The summed E-state index contributed by atoms with van der Waals surface area (Å²) in [5.74, 6) is 2.30. The SMILES string of the molecule is CC1SCCC1NCCCc1ncn[nH]1. The van der Waals surface area contributed by atoms with E-state index in [9.17, 15) is 0 Å². The van der Waals surface area contributed by atoms with E-state index in [2.05, 4.69) is 39.2 Å². The first kappa shape index (κ1) is 11.0. The standard InChI is InChI=1S/C10H18N4S/c1-8-9(4-6-15-8)11-5-2-3-10-12-7-13-14-10/h7-9,11H,2-6H2,1H3,(H,12,13,14). The predicted octanol–water partition coefficient (Wildman–Crippen LogP) is 1.22. The molecule has 0 aromatic carbocycles. The highest BCUT2D eigenvalue weighted by atomic mass is 32.2. The maximum absolute atomic E-state index is 4.10. The van der Waals surface area contributed by atoms with Gasteiger partial charge in [0.15, 0.2) is 0 Å². The van der Waals surface area contributed by atoms with Crippen LogP contribution >= 0.6 is 11.8 Å². The number of H-pyrrole nitrogens is 1. The van der Waals surface area contributed by atoms with Crippen molar-refractivity contribution in [3.8, 4) is 0 Å². The summed E-state index contributed by atoms with van der Waals surface area (Å²) in [7, 11) is 0. The minimum Gasteiger partial charge on any atom is -0.313 e. The van der Waals surface area contributed by atoms with Crippen molar-refractivity contribution in [1.82, 2.24) is 20.5 Å². The molecule has 4 nitrogen and oxygen atoms in total. The molecule has 1 aromatic heterocycles. The first-order chi connectivity index (χ1) is 7.36. The van der Waals surface area contributed by atoms with Crippen LogP contribution in [0.4, 0.5) is 0 Å². The molecule has 0 saturated carbocycles. The monoisotopic (exact) mass is 226 g/mol. The number of thioether (sulfide) groups is 1. The molecule has 0 radical (unpaired) electrons. The average Bonchev–Trinajstić information content (AvgIpc) is 2.85. The lowest BCUT2D eigenvalue weighted by Crippen LogP contribution is -2.34. The molecule has 2 heterocycles. The fourth-order valence-electron chi connectivity index (χ4n) is 1.89. The number of hydrogen-bond acceptors (Lipinski definition) is 4. The maximum Gasteiger partial charge on any atom is 0.137 e. The van der Waals surface area contributed by atoms with Crippen LogP contribution in [0.3, 0.4) is 0 Å². The topological polar surface area (TPSA) is 53.6 Å². The van der Waals surface area contributed by atoms with Gasteiger partial charge in [0.25, 0.3) is 0 Å². The predicted molar refractivity (Wildman–Crippen MR) is 63.0 cm³/mol. The number of aromatic amines is 1. The second-order valence-corrected chi connectivity index (χ2v) is 5.45. The highest BCUT2D eigenvalue weighted by Gasteiger charge is 2.22. The van der Waals surface area contributed by atoms with Gasteiger partial charge in [-0.2, -0.15) is 16.9 Å². The van der Waals surface area contributed by atoms with Crippen LogP contribution < -0.4 is 5.32 Å². The third kappa shape index (κ3) is 3.21. The second-order valence-electron chi connectivity index (χ2n) is 3.96. The lowest BCUT2D eigenvalue weighted by atomic mass is 10.1. The summed E-state index contributed by atoms with van der Waals surface area (Å²) in [4.78, 5) is 4.10. The molecule has 0 bridgehead atoms. The van der Waals surface area contributed by atoms with Crippen molar-refractivity contribution in [2.24, 2.45) is 0 Å². The Morgan fingerprint density at radius 1 is 1.67 bits per heavy atom. The van der Waals surface area contributed by atoms with Gasteiger partial charge in [-0.05, 0) is 25.1 Å². The van der Waals surface area contributed by atoms with E-state index in [1.54, 1.807) is 6.33 Å². The quantitative estimate of drug-likeness (QED) is 0.741. The van der Waals surface area contributed by atoms with E-state index in [0.717, 1.165) is 30.5 Å². The largest absolute Gasteiger partial charge is 0.313 e. The Kier molecular flexibility index (Phi) is 4.02. The Hall–Kier alpha value is -0.550. The molecule has 1 fully saturated rings. The molecule has 2 unspecified atom stereocenters. The third-order valence-corrected chi connectivity index (χ3v) is 4.16. The van der Waals surface area contributed by atoms with Gasteiger partial charge in [-0.1, -0.05) is 6.92 Å². The second kappa shape index (κ2) is 5.51. The molecular weight excluding hydrogens is 208 g/mol. The molecule has 1 saturated heterocycles. The van der Waals surface area contributed by atoms with Gasteiger partial charge < -0.3 is 5.32 Å². The van der Waals surface area contributed by atoms with Gasteiger partial charge in [0.1, 0.15) is 12.2 Å². The van der Waals surface area contributed by atoms with Crippen LogP contribution in [0.1, 0.15) is 25.6 Å². The van der Waals surface area contributed by atoms with E-state index in [-0.39, 0.29) is 0 Å². The molecule has 5 heteroatoms. The molecule has 1 aromatic rings. The highest BCUT2D eigenvalue weighted by Crippen LogP contribution is 2.25.